The third-order valence-corrected chi connectivity index (χ3v) is 4.94. The van der Waals surface area contributed by atoms with Crippen molar-refractivity contribution < 1.29 is 14.3 Å². The molecular weight excluding hydrogens is 409 g/mol. The van der Waals surface area contributed by atoms with Crippen LogP contribution in [0.3, 0.4) is 0 Å². The van der Waals surface area contributed by atoms with Gasteiger partial charge in [0.1, 0.15) is 18.1 Å². The fourth-order valence-corrected chi connectivity index (χ4v) is 3.17. The number of rotatable bonds is 7. The standard InChI is InChI=1S/C23H21Cl2NO3/c1-15(16-6-9-19(24)10-7-16)26-23(27)17-8-11-22(28-2)18(12-17)14-29-21-5-3-4-20(25)13-21/h3-13,15H,14H2,1-2H3,(H,26,27). The lowest BCUT2D eigenvalue weighted by atomic mass is 10.1. The molecule has 0 aliphatic heterocycles. The summed E-state index contributed by atoms with van der Waals surface area (Å²) in [6, 6.07) is 19.7. The molecule has 0 aromatic heterocycles. The molecule has 0 aliphatic carbocycles. The summed E-state index contributed by atoms with van der Waals surface area (Å²) in [6.45, 7) is 2.17. The average molecular weight is 430 g/mol. The van der Waals surface area contributed by atoms with E-state index in [0.717, 1.165) is 11.1 Å². The van der Waals surface area contributed by atoms with E-state index in [0.29, 0.717) is 27.1 Å². The van der Waals surface area contributed by atoms with Gasteiger partial charge in [0.05, 0.1) is 13.2 Å². The van der Waals surface area contributed by atoms with Crippen molar-refractivity contribution in [1.82, 2.24) is 5.32 Å². The highest BCUT2D eigenvalue weighted by molar-refractivity contribution is 6.30. The predicted octanol–water partition coefficient (Wildman–Crippen LogP) is 6.07. The maximum absolute atomic E-state index is 12.7. The van der Waals surface area contributed by atoms with Crippen LogP contribution < -0.4 is 14.8 Å². The highest BCUT2D eigenvalue weighted by Crippen LogP contribution is 2.24. The maximum Gasteiger partial charge on any atom is 0.251 e. The van der Waals surface area contributed by atoms with Crippen LogP contribution in [0.1, 0.15) is 34.5 Å². The summed E-state index contributed by atoms with van der Waals surface area (Å²) in [7, 11) is 1.58. The van der Waals surface area contributed by atoms with Gasteiger partial charge in [-0.25, -0.2) is 0 Å². The van der Waals surface area contributed by atoms with Crippen molar-refractivity contribution in [3.05, 3.63) is 93.5 Å². The number of methoxy groups -OCH3 is 1. The van der Waals surface area contributed by atoms with E-state index in [4.69, 9.17) is 32.7 Å². The summed E-state index contributed by atoms with van der Waals surface area (Å²) in [5, 5.41) is 4.25. The summed E-state index contributed by atoms with van der Waals surface area (Å²) in [5.74, 6) is 1.11. The second kappa shape index (κ2) is 9.68. The molecular formula is C23H21Cl2NO3. The van der Waals surface area contributed by atoms with E-state index in [-0.39, 0.29) is 18.6 Å². The molecule has 1 atom stereocenters. The van der Waals surface area contributed by atoms with E-state index < -0.39 is 0 Å². The number of amides is 1. The number of carbonyl (C=O) groups is 1. The van der Waals surface area contributed by atoms with Gasteiger partial charge in [0.25, 0.3) is 5.91 Å². The molecule has 1 unspecified atom stereocenters. The highest BCUT2D eigenvalue weighted by atomic mass is 35.5. The summed E-state index contributed by atoms with van der Waals surface area (Å²) < 4.78 is 11.2. The molecule has 3 rings (SSSR count). The van der Waals surface area contributed by atoms with Crippen LogP contribution in [0.25, 0.3) is 0 Å². The molecule has 0 saturated heterocycles. The third-order valence-electron chi connectivity index (χ3n) is 4.45. The van der Waals surface area contributed by atoms with Crippen molar-refractivity contribution in [2.75, 3.05) is 7.11 Å². The molecule has 150 valence electrons. The van der Waals surface area contributed by atoms with Crippen molar-refractivity contribution in [1.29, 1.82) is 0 Å². The molecule has 1 amide bonds. The Labute approximate surface area is 180 Å². The topological polar surface area (TPSA) is 47.6 Å². The Hall–Kier alpha value is -2.69. The smallest absolute Gasteiger partial charge is 0.251 e. The molecule has 4 nitrogen and oxygen atoms in total. The molecule has 0 saturated carbocycles. The van der Waals surface area contributed by atoms with Crippen LogP contribution in [0.2, 0.25) is 10.0 Å². The fourth-order valence-electron chi connectivity index (χ4n) is 2.87. The normalized spacial score (nSPS) is 11.6. The highest BCUT2D eigenvalue weighted by Gasteiger charge is 2.14. The largest absolute Gasteiger partial charge is 0.496 e. The van der Waals surface area contributed by atoms with Gasteiger partial charge in [0.15, 0.2) is 0 Å². The first kappa shape index (κ1) is 21.0. The molecule has 0 heterocycles. The number of halogens is 2. The number of carbonyl (C=O) groups excluding carboxylic acids is 1. The van der Waals surface area contributed by atoms with Gasteiger partial charge >= 0.3 is 0 Å². The van der Waals surface area contributed by atoms with E-state index in [2.05, 4.69) is 5.32 Å². The molecule has 3 aromatic carbocycles. The van der Waals surface area contributed by atoms with Crippen LogP contribution in [-0.2, 0) is 6.61 Å². The zero-order chi connectivity index (χ0) is 20.8. The number of benzene rings is 3. The molecule has 0 aliphatic rings. The minimum Gasteiger partial charge on any atom is -0.496 e. The summed E-state index contributed by atoms with van der Waals surface area (Å²) in [4.78, 5) is 12.7. The molecule has 29 heavy (non-hydrogen) atoms. The van der Waals surface area contributed by atoms with Crippen molar-refractivity contribution in [3.8, 4) is 11.5 Å². The van der Waals surface area contributed by atoms with Crippen LogP contribution >= 0.6 is 23.2 Å². The van der Waals surface area contributed by atoms with Gasteiger partial charge < -0.3 is 14.8 Å². The van der Waals surface area contributed by atoms with Crippen LogP contribution in [0.15, 0.2) is 66.7 Å². The first-order valence-corrected chi connectivity index (χ1v) is 9.83. The van der Waals surface area contributed by atoms with E-state index in [1.54, 1.807) is 49.6 Å². The molecule has 0 bridgehead atoms. The first-order valence-electron chi connectivity index (χ1n) is 9.08. The van der Waals surface area contributed by atoms with Gasteiger partial charge in [0.2, 0.25) is 0 Å². The minimum absolute atomic E-state index is 0.159. The van der Waals surface area contributed by atoms with Crippen LogP contribution in [0.5, 0.6) is 11.5 Å². The van der Waals surface area contributed by atoms with Gasteiger partial charge in [-0.05, 0) is 61.0 Å². The maximum atomic E-state index is 12.7. The van der Waals surface area contributed by atoms with Gasteiger partial charge in [-0.1, -0.05) is 41.4 Å². The summed E-state index contributed by atoms with van der Waals surface area (Å²) in [6.07, 6.45) is 0. The third kappa shape index (κ3) is 5.66. The van der Waals surface area contributed by atoms with Crippen molar-refractivity contribution in [2.24, 2.45) is 0 Å². The Morgan fingerprint density at radius 1 is 1.00 bits per heavy atom. The van der Waals surface area contributed by atoms with E-state index >= 15 is 0 Å². The first-order chi connectivity index (χ1) is 14.0. The zero-order valence-electron chi connectivity index (χ0n) is 16.1. The predicted molar refractivity (Wildman–Crippen MR) is 116 cm³/mol. The SMILES string of the molecule is COc1ccc(C(=O)NC(C)c2ccc(Cl)cc2)cc1COc1cccc(Cl)c1. The second-order valence-electron chi connectivity index (χ2n) is 6.52. The molecule has 0 radical (unpaired) electrons. The summed E-state index contributed by atoms with van der Waals surface area (Å²) >= 11 is 11.9. The Kier molecular flexibility index (Phi) is 7.02. The summed E-state index contributed by atoms with van der Waals surface area (Å²) in [5.41, 5.74) is 2.26. The molecule has 1 N–H and O–H groups in total. The number of ether oxygens (including phenoxy) is 2. The van der Waals surface area contributed by atoms with Gasteiger partial charge in [-0.2, -0.15) is 0 Å². The molecule has 3 aromatic rings. The van der Waals surface area contributed by atoms with Gasteiger partial charge in [-0.3, -0.25) is 4.79 Å². The Morgan fingerprint density at radius 2 is 1.76 bits per heavy atom. The molecule has 0 fully saturated rings. The van der Waals surface area contributed by atoms with E-state index in [9.17, 15) is 4.79 Å². The van der Waals surface area contributed by atoms with E-state index in [1.165, 1.54) is 0 Å². The average Bonchev–Trinajstić information content (AvgIpc) is 2.72. The lowest BCUT2D eigenvalue weighted by Crippen LogP contribution is -2.26. The van der Waals surface area contributed by atoms with Gasteiger partial charge in [-0.15, -0.1) is 0 Å². The van der Waals surface area contributed by atoms with Crippen molar-refractivity contribution in [3.63, 3.8) is 0 Å². The minimum atomic E-state index is -0.181. The van der Waals surface area contributed by atoms with Gasteiger partial charge in [0, 0.05) is 21.2 Å². The number of hydrogen-bond acceptors (Lipinski definition) is 3. The lowest BCUT2D eigenvalue weighted by molar-refractivity contribution is 0.0939. The van der Waals surface area contributed by atoms with Crippen molar-refractivity contribution in [2.45, 2.75) is 19.6 Å². The quantitative estimate of drug-likeness (QED) is 0.495. The zero-order valence-corrected chi connectivity index (χ0v) is 17.6. The Bertz CT molecular complexity index is 990. The van der Waals surface area contributed by atoms with E-state index in [1.807, 2.05) is 31.2 Å². The van der Waals surface area contributed by atoms with Crippen LogP contribution in [-0.4, -0.2) is 13.0 Å². The number of nitrogens with one attached hydrogen (secondary N) is 1. The lowest BCUT2D eigenvalue weighted by Gasteiger charge is -2.16. The fraction of sp³-hybridized carbons (Fsp3) is 0.174. The van der Waals surface area contributed by atoms with Crippen molar-refractivity contribution >= 4 is 29.1 Å². The Morgan fingerprint density at radius 3 is 2.45 bits per heavy atom. The molecule has 6 heteroatoms. The number of hydrogen-bond donors (Lipinski definition) is 1. The van der Waals surface area contributed by atoms with Crippen LogP contribution in [0.4, 0.5) is 0 Å². The monoisotopic (exact) mass is 429 g/mol. The van der Waals surface area contributed by atoms with Crippen LogP contribution in [0, 0.1) is 0 Å². The molecule has 0 spiro atoms. The second-order valence-corrected chi connectivity index (χ2v) is 7.39. The Balaban J connectivity index is 1.72.